The molecule has 0 aromatic rings. The third kappa shape index (κ3) is 0.447. The van der Waals surface area contributed by atoms with Crippen LogP contribution >= 0.6 is 0 Å². The Kier molecular flexibility index (Phi) is 0.762. The van der Waals surface area contributed by atoms with E-state index in [2.05, 4.69) is 10.3 Å². The molecule has 0 aliphatic carbocycles. The molecule has 0 aromatic heterocycles. The molecule has 0 saturated carbocycles. The van der Waals surface area contributed by atoms with Crippen molar-refractivity contribution in [1.29, 1.82) is 0 Å². The van der Waals surface area contributed by atoms with E-state index in [1.165, 1.54) is 0 Å². The standard InChI is InChI=1S/C3H2N3O.In/c7-3-1-4-6-5-2-3;/h1H,(H-,4,5,6,7);/q-1;+1. The van der Waals surface area contributed by atoms with Crippen LogP contribution in [0.1, 0.15) is 0 Å². The summed E-state index contributed by atoms with van der Waals surface area (Å²) in [7, 11) is 0. The zero-order valence-electron chi connectivity index (χ0n) is 3.94. The molecule has 1 N–H and O–H groups in total. The molecule has 2 aliphatic rings. The van der Waals surface area contributed by atoms with E-state index < -0.39 is 22.7 Å². The second kappa shape index (κ2) is 1.34. The normalized spacial score (nSPS) is 20.8. The van der Waals surface area contributed by atoms with Gasteiger partial charge in [0.25, 0.3) is 0 Å². The summed E-state index contributed by atoms with van der Waals surface area (Å²) in [6.07, 6.45) is 1.64. The van der Waals surface area contributed by atoms with E-state index in [0.29, 0.717) is 5.76 Å². The molecular formula is C3H2InN3O. The fourth-order valence-corrected chi connectivity index (χ4v) is 3.16. The number of hydrogen-bond donors (Lipinski definition) is 1. The summed E-state index contributed by atoms with van der Waals surface area (Å²) in [4.78, 5) is 0. The van der Waals surface area contributed by atoms with Crippen LogP contribution in [-0.4, -0.2) is 34.2 Å². The summed E-state index contributed by atoms with van der Waals surface area (Å²) in [6, 6.07) is 0. The summed E-state index contributed by atoms with van der Waals surface area (Å²) < 4.78 is 2.64. The molecule has 2 rings (SSSR count). The summed E-state index contributed by atoms with van der Waals surface area (Å²) in [5.41, 5.74) is 0. The topological polar surface area (TPSA) is 48.2 Å². The van der Waals surface area contributed by atoms with Crippen molar-refractivity contribution in [1.82, 2.24) is 3.00 Å². The minimum atomic E-state index is -0.881. The number of nitrogens with zero attached hydrogens (tertiary/aromatic N) is 3. The van der Waals surface area contributed by atoms with Gasteiger partial charge in [-0.1, -0.05) is 0 Å². The number of aliphatic hydroxyl groups is 1. The van der Waals surface area contributed by atoms with Gasteiger partial charge in [-0.05, 0) is 0 Å². The molecule has 0 atom stereocenters. The summed E-state index contributed by atoms with van der Waals surface area (Å²) in [5.74, 6) is 0.334. The fourth-order valence-electron chi connectivity index (χ4n) is 0.649. The van der Waals surface area contributed by atoms with E-state index in [0.717, 1.165) is 3.38 Å². The number of fused-ring (bicyclic) bond motifs is 1. The van der Waals surface area contributed by atoms with Crippen molar-refractivity contribution in [2.45, 2.75) is 0 Å². The van der Waals surface area contributed by atoms with E-state index in [-0.39, 0.29) is 0 Å². The predicted molar refractivity (Wildman–Crippen MR) is 28.2 cm³/mol. The van der Waals surface area contributed by atoms with Gasteiger partial charge >= 0.3 is 56.5 Å². The van der Waals surface area contributed by atoms with Gasteiger partial charge in [-0.25, -0.2) is 0 Å². The Labute approximate surface area is 56.7 Å². The summed E-state index contributed by atoms with van der Waals surface area (Å²) in [6.45, 7) is 0. The molecule has 0 saturated heterocycles. The Morgan fingerprint density at radius 3 is 2.88 bits per heavy atom. The van der Waals surface area contributed by atoms with Crippen LogP contribution in [0.3, 0.4) is 0 Å². The molecule has 0 fully saturated rings. The molecule has 0 radical (unpaired) electrons. The van der Waals surface area contributed by atoms with Gasteiger partial charge in [-0.3, -0.25) is 0 Å². The van der Waals surface area contributed by atoms with E-state index in [1.807, 2.05) is 0 Å². The van der Waals surface area contributed by atoms with Crippen LogP contribution < -0.4 is 0 Å². The van der Waals surface area contributed by atoms with Gasteiger partial charge in [0, 0.05) is 0 Å². The first-order chi connectivity index (χ1) is 3.86. The van der Waals surface area contributed by atoms with Crippen molar-refractivity contribution >= 4 is 26.1 Å². The van der Waals surface area contributed by atoms with Crippen molar-refractivity contribution in [3.8, 4) is 0 Å². The average molecular weight is 211 g/mol. The van der Waals surface area contributed by atoms with Gasteiger partial charge in [-0.15, -0.1) is 0 Å². The minimum absolute atomic E-state index is 0.334. The first-order valence-electron chi connectivity index (χ1n) is 2.19. The van der Waals surface area contributed by atoms with Crippen LogP contribution in [0, 0.1) is 0 Å². The maximum absolute atomic E-state index is 8.90. The molecule has 2 heterocycles. The van der Waals surface area contributed by atoms with E-state index in [1.54, 1.807) is 9.20 Å². The Balaban J connectivity index is 2.51. The van der Waals surface area contributed by atoms with Crippen molar-refractivity contribution in [2.75, 3.05) is 0 Å². The van der Waals surface area contributed by atoms with Crippen LogP contribution in [0.25, 0.3) is 0 Å². The van der Waals surface area contributed by atoms with Crippen LogP contribution in [-0.2, 0) is 0 Å². The van der Waals surface area contributed by atoms with Gasteiger partial charge in [0.05, 0.1) is 0 Å². The Bertz CT molecular complexity index is 217. The van der Waals surface area contributed by atoms with Crippen molar-refractivity contribution in [3.05, 3.63) is 12.0 Å². The zero-order valence-corrected chi connectivity index (χ0v) is 7.24. The zero-order chi connectivity index (χ0) is 5.56. The predicted octanol–water partition coefficient (Wildman–Crippen LogP) is -0.169. The van der Waals surface area contributed by atoms with Crippen LogP contribution in [0.15, 0.2) is 22.3 Å². The monoisotopic (exact) mass is 211 g/mol. The first-order valence-corrected chi connectivity index (χ1v) is 5.31. The second-order valence-electron chi connectivity index (χ2n) is 1.60. The second-order valence-corrected chi connectivity index (χ2v) is 5.41. The molecule has 38 valence electrons. The molecular weight excluding hydrogens is 209 g/mol. The van der Waals surface area contributed by atoms with Crippen molar-refractivity contribution in [3.63, 3.8) is 0 Å². The van der Waals surface area contributed by atoms with Gasteiger partial charge in [-0.2, -0.15) is 0 Å². The van der Waals surface area contributed by atoms with Gasteiger partial charge in [0.2, 0.25) is 0 Å². The molecule has 0 unspecified atom stereocenters. The molecule has 8 heavy (non-hydrogen) atoms. The van der Waals surface area contributed by atoms with Crippen LogP contribution in [0.5, 0.6) is 0 Å². The van der Waals surface area contributed by atoms with Crippen molar-refractivity contribution < 1.29 is 5.11 Å². The average Bonchev–Trinajstić information content (AvgIpc) is 2.23. The molecule has 0 spiro atoms. The fraction of sp³-hybridized carbons (Fsp3) is 0. The molecule has 5 heteroatoms. The summed E-state index contributed by atoms with van der Waals surface area (Å²) >= 11 is -0.881. The van der Waals surface area contributed by atoms with E-state index in [9.17, 15) is 0 Å². The van der Waals surface area contributed by atoms with Crippen molar-refractivity contribution in [2.24, 2.45) is 10.3 Å². The Hall–Kier alpha value is -0.320. The number of rotatable bonds is 0. The number of aliphatic hydroxyl groups excluding tert-OH is 1. The molecule has 2 bridgehead atoms. The van der Waals surface area contributed by atoms with Gasteiger partial charge < -0.3 is 0 Å². The molecule has 4 nitrogen and oxygen atoms in total. The Morgan fingerprint density at radius 1 is 1.75 bits per heavy atom. The third-order valence-electron chi connectivity index (χ3n) is 1.03. The van der Waals surface area contributed by atoms with Crippen LogP contribution in [0.2, 0.25) is 0 Å². The third-order valence-corrected chi connectivity index (χ3v) is 4.37. The quantitative estimate of drug-likeness (QED) is 0.604. The molecule has 0 amide bonds. The van der Waals surface area contributed by atoms with Crippen LogP contribution in [0.4, 0.5) is 0 Å². The van der Waals surface area contributed by atoms with Gasteiger partial charge in [0.15, 0.2) is 0 Å². The maximum atomic E-state index is 8.90. The first kappa shape index (κ1) is 4.55. The van der Waals surface area contributed by atoms with E-state index in [4.69, 9.17) is 5.11 Å². The SMILES string of the molecule is OC1=C[N]2N=N[C]1=[In]2. The van der Waals surface area contributed by atoms with Gasteiger partial charge in [0.1, 0.15) is 0 Å². The molecule has 0 aromatic carbocycles. The molecule has 2 aliphatic heterocycles. The van der Waals surface area contributed by atoms with E-state index >= 15 is 0 Å². The Morgan fingerprint density at radius 2 is 2.62 bits per heavy atom. The number of hydrogen-bond acceptors (Lipinski definition) is 4. The summed E-state index contributed by atoms with van der Waals surface area (Å²) in [5, 5.41) is 16.3.